The van der Waals surface area contributed by atoms with Crippen molar-refractivity contribution >= 4 is 34.8 Å². The molecule has 1 aromatic carbocycles. The molecule has 1 amide bonds. The first-order valence-corrected chi connectivity index (χ1v) is 6.57. The standard InChI is InChI=1S/C14H12Cl2N2O/c1-2-18(10-6-4-3-5-7-10)14(19)11-8-13(16)17-9-12(11)15/h3-9H,2H2,1H3. The number of rotatable bonds is 3. The minimum absolute atomic E-state index is 0.192. The Balaban J connectivity index is 2.39. The minimum Gasteiger partial charge on any atom is -0.309 e. The monoisotopic (exact) mass is 294 g/mol. The number of para-hydroxylation sites is 1. The molecular weight excluding hydrogens is 283 g/mol. The first kappa shape index (κ1) is 13.8. The summed E-state index contributed by atoms with van der Waals surface area (Å²) >= 11 is 11.8. The molecule has 5 heteroatoms. The van der Waals surface area contributed by atoms with Crippen LogP contribution in [0.25, 0.3) is 0 Å². The lowest BCUT2D eigenvalue weighted by Gasteiger charge is -2.21. The SMILES string of the molecule is CCN(C(=O)c1cc(Cl)ncc1Cl)c1ccccc1. The number of aromatic nitrogens is 1. The van der Waals surface area contributed by atoms with Crippen LogP contribution in [-0.2, 0) is 0 Å². The van der Waals surface area contributed by atoms with E-state index < -0.39 is 0 Å². The summed E-state index contributed by atoms with van der Waals surface area (Å²) < 4.78 is 0. The maximum atomic E-state index is 12.5. The van der Waals surface area contributed by atoms with Gasteiger partial charge < -0.3 is 4.90 Å². The highest BCUT2D eigenvalue weighted by Crippen LogP contribution is 2.23. The van der Waals surface area contributed by atoms with Gasteiger partial charge in [0.15, 0.2) is 0 Å². The molecule has 0 aliphatic heterocycles. The van der Waals surface area contributed by atoms with Crippen molar-refractivity contribution in [1.29, 1.82) is 0 Å². The number of nitrogens with zero attached hydrogens (tertiary/aromatic N) is 2. The molecule has 0 bridgehead atoms. The number of benzene rings is 1. The van der Waals surface area contributed by atoms with Gasteiger partial charge in [-0.15, -0.1) is 0 Å². The molecule has 2 aromatic rings. The van der Waals surface area contributed by atoms with E-state index in [2.05, 4.69) is 4.98 Å². The fraction of sp³-hybridized carbons (Fsp3) is 0.143. The average molecular weight is 295 g/mol. The highest BCUT2D eigenvalue weighted by Gasteiger charge is 2.19. The molecule has 0 aliphatic carbocycles. The van der Waals surface area contributed by atoms with Crippen molar-refractivity contribution in [1.82, 2.24) is 4.98 Å². The van der Waals surface area contributed by atoms with Crippen LogP contribution in [0.5, 0.6) is 0 Å². The normalized spacial score (nSPS) is 10.3. The topological polar surface area (TPSA) is 33.2 Å². The van der Waals surface area contributed by atoms with Gasteiger partial charge in [-0.1, -0.05) is 41.4 Å². The molecular formula is C14H12Cl2N2O. The Morgan fingerprint density at radius 2 is 1.95 bits per heavy atom. The third kappa shape index (κ3) is 3.06. The van der Waals surface area contributed by atoms with Crippen LogP contribution in [0.4, 0.5) is 5.69 Å². The summed E-state index contributed by atoms with van der Waals surface area (Å²) in [5.41, 5.74) is 1.17. The molecule has 19 heavy (non-hydrogen) atoms. The highest BCUT2D eigenvalue weighted by atomic mass is 35.5. The van der Waals surface area contributed by atoms with E-state index in [-0.39, 0.29) is 11.1 Å². The Hall–Kier alpha value is -1.58. The molecule has 1 aromatic heterocycles. The molecule has 0 radical (unpaired) electrons. The lowest BCUT2D eigenvalue weighted by atomic mass is 10.2. The van der Waals surface area contributed by atoms with Gasteiger partial charge in [0.2, 0.25) is 0 Å². The number of pyridine rings is 1. The van der Waals surface area contributed by atoms with Gasteiger partial charge in [0, 0.05) is 18.4 Å². The molecule has 0 N–H and O–H groups in total. The van der Waals surface area contributed by atoms with Crippen molar-refractivity contribution in [3.8, 4) is 0 Å². The average Bonchev–Trinajstić information content (AvgIpc) is 2.43. The number of halogens is 2. The number of carbonyl (C=O) groups is 1. The van der Waals surface area contributed by atoms with E-state index in [1.54, 1.807) is 4.90 Å². The summed E-state index contributed by atoms with van der Waals surface area (Å²) in [4.78, 5) is 18.0. The predicted octanol–water partition coefficient (Wildman–Crippen LogP) is 4.06. The largest absolute Gasteiger partial charge is 0.309 e. The van der Waals surface area contributed by atoms with E-state index in [1.165, 1.54) is 12.3 Å². The molecule has 0 unspecified atom stereocenters. The van der Waals surface area contributed by atoms with Crippen LogP contribution in [0.3, 0.4) is 0 Å². The van der Waals surface area contributed by atoms with Gasteiger partial charge in [-0.3, -0.25) is 4.79 Å². The minimum atomic E-state index is -0.192. The Bertz CT molecular complexity index is 587. The number of carbonyl (C=O) groups excluding carboxylic acids is 1. The highest BCUT2D eigenvalue weighted by molar-refractivity contribution is 6.35. The molecule has 98 valence electrons. The van der Waals surface area contributed by atoms with Crippen molar-refractivity contribution < 1.29 is 4.79 Å². The van der Waals surface area contributed by atoms with E-state index in [9.17, 15) is 4.79 Å². The van der Waals surface area contributed by atoms with Crippen LogP contribution in [0.1, 0.15) is 17.3 Å². The summed E-state index contributed by atoms with van der Waals surface area (Å²) in [5, 5.41) is 0.542. The molecule has 0 atom stereocenters. The van der Waals surface area contributed by atoms with Crippen molar-refractivity contribution in [2.24, 2.45) is 0 Å². The van der Waals surface area contributed by atoms with E-state index in [0.717, 1.165) is 5.69 Å². The first-order valence-electron chi connectivity index (χ1n) is 5.81. The maximum absolute atomic E-state index is 12.5. The van der Waals surface area contributed by atoms with Crippen LogP contribution in [-0.4, -0.2) is 17.4 Å². The van der Waals surface area contributed by atoms with Crippen LogP contribution >= 0.6 is 23.2 Å². The number of hydrogen-bond donors (Lipinski definition) is 0. The zero-order valence-electron chi connectivity index (χ0n) is 10.3. The van der Waals surface area contributed by atoms with Crippen molar-refractivity contribution in [2.45, 2.75) is 6.92 Å². The Morgan fingerprint density at radius 3 is 2.58 bits per heavy atom. The molecule has 0 aliphatic rings. The summed E-state index contributed by atoms with van der Waals surface area (Å²) in [7, 11) is 0. The Kier molecular flexibility index (Phi) is 4.40. The van der Waals surface area contributed by atoms with Gasteiger partial charge in [0.1, 0.15) is 5.15 Å². The number of amides is 1. The second-order valence-electron chi connectivity index (χ2n) is 3.87. The molecule has 2 rings (SSSR count). The molecule has 0 saturated carbocycles. The molecule has 0 spiro atoms. The van der Waals surface area contributed by atoms with Crippen LogP contribution in [0.2, 0.25) is 10.2 Å². The maximum Gasteiger partial charge on any atom is 0.259 e. The number of hydrogen-bond acceptors (Lipinski definition) is 2. The van der Waals surface area contributed by atoms with E-state index in [4.69, 9.17) is 23.2 Å². The lowest BCUT2D eigenvalue weighted by Crippen LogP contribution is -2.30. The van der Waals surface area contributed by atoms with Crippen molar-refractivity contribution in [3.63, 3.8) is 0 Å². The second-order valence-corrected chi connectivity index (χ2v) is 4.67. The van der Waals surface area contributed by atoms with Gasteiger partial charge in [0.25, 0.3) is 5.91 Å². The Morgan fingerprint density at radius 1 is 1.26 bits per heavy atom. The summed E-state index contributed by atoms with van der Waals surface area (Å²) in [6, 6.07) is 10.9. The van der Waals surface area contributed by atoms with Crippen molar-refractivity contribution in [2.75, 3.05) is 11.4 Å². The molecule has 3 nitrogen and oxygen atoms in total. The number of anilines is 1. The molecule has 1 heterocycles. The van der Waals surface area contributed by atoms with Gasteiger partial charge in [-0.05, 0) is 25.1 Å². The second kappa shape index (κ2) is 6.04. The van der Waals surface area contributed by atoms with Crippen LogP contribution in [0, 0.1) is 0 Å². The van der Waals surface area contributed by atoms with Crippen LogP contribution in [0.15, 0.2) is 42.6 Å². The van der Waals surface area contributed by atoms with Gasteiger partial charge in [-0.2, -0.15) is 0 Å². The summed E-state index contributed by atoms with van der Waals surface area (Å²) in [6.45, 7) is 2.45. The zero-order chi connectivity index (χ0) is 13.8. The summed E-state index contributed by atoms with van der Waals surface area (Å²) in [6.07, 6.45) is 1.38. The van der Waals surface area contributed by atoms with E-state index in [1.807, 2.05) is 37.3 Å². The third-order valence-electron chi connectivity index (χ3n) is 2.68. The van der Waals surface area contributed by atoms with Gasteiger partial charge in [-0.25, -0.2) is 4.98 Å². The molecule has 0 fully saturated rings. The molecule has 0 saturated heterocycles. The lowest BCUT2D eigenvalue weighted by molar-refractivity contribution is 0.0988. The van der Waals surface area contributed by atoms with E-state index >= 15 is 0 Å². The van der Waals surface area contributed by atoms with Crippen LogP contribution < -0.4 is 4.90 Å². The third-order valence-corrected chi connectivity index (χ3v) is 3.19. The quantitative estimate of drug-likeness (QED) is 0.800. The smallest absolute Gasteiger partial charge is 0.259 e. The van der Waals surface area contributed by atoms with Gasteiger partial charge in [0.05, 0.1) is 10.6 Å². The fourth-order valence-corrected chi connectivity index (χ4v) is 2.12. The van der Waals surface area contributed by atoms with Gasteiger partial charge >= 0.3 is 0 Å². The van der Waals surface area contributed by atoms with E-state index in [0.29, 0.717) is 17.1 Å². The fourth-order valence-electron chi connectivity index (χ4n) is 1.77. The summed E-state index contributed by atoms with van der Waals surface area (Å²) in [5.74, 6) is -0.192. The van der Waals surface area contributed by atoms with Crippen molar-refractivity contribution in [3.05, 3.63) is 58.3 Å². The zero-order valence-corrected chi connectivity index (χ0v) is 11.8. The first-order chi connectivity index (χ1) is 9.13. The predicted molar refractivity (Wildman–Crippen MR) is 78.0 cm³/mol. The Labute approximate surface area is 121 Å².